The van der Waals surface area contributed by atoms with Crippen molar-refractivity contribution in [2.24, 2.45) is 0 Å². The van der Waals surface area contributed by atoms with Crippen LogP contribution < -0.4 is 26.0 Å². The van der Waals surface area contributed by atoms with Gasteiger partial charge in [-0.25, -0.2) is 18.4 Å². The highest BCUT2D eigenvalue weighted by atomic mass is 19.1. The maximum absolute atomic E-state index is 13.6. The van der Waals surface area contributed by atoms with E-state index in [-0.39, 0.29) is 43.2 Å². The molecule has 0 bridgehead atoms. The van der Waals surface area contributed by atoms with Crippen LogP contribution in [0.15, 0.2) is 134 Å². The molecule has 4 N–H and O–H groups in total. The second kappa shape index (κ2) is 15.6. The lowest BCUT2D eigenvalue weighted by atomic mass is 9.88. The molecule has 17 heteroatoms. The predicted molar refractivity (Wildman–Crippen MR) is 219 cm³/mol. The molecule has 2 saturated heterocycles. The van der Waals surface area contributed by atoms with Gasteiger partial charge in [-0.2, -0.15) is 4.73 Å². The molecule has 0 spiro atoms. The zero-order valence-electron chi connectivity index (χ0n) is 32.9. The minimum absolute atomic E-state index is 0.0751. The number of imide groups is 2. The fourth-order valence-electron chi connectivity index (χ4n) is 8.33. The standard InChI is InChI=1S/C23H17FN4O4.C23H17FN4O3/c24-18-6-3-16-12-27(20(29)19(16)11-18)13-23(21(30)25-22(31)26-23)17-4-1-14(2-5-17)15-7-9-28(32)10-8-15;24-18-6-3-16-12-28(20(29)19(16)11-18)13-23(21(30)26-22(31)27-23)17-4-1-14(2-5-17)15-7-9-25-10-8-15/h1-11H,12-13H2,(H2,25,26,30,31);1-11H,12-13H2,(H2,26,27,30,31)/t2*23-/m00/s1. The summed E-state index contributed by atoms with van der Waals surface area (Å²) in [5, 5.41) is 21.2. The third-order valence-corrected chi connectivity index (χ3v) is 11.5. The zero-order chi connectivity index (χ0) is 44.0. The first-order valence-electron chi connectivity index (χ1n) is 19.6. The molecule has 0 unspecified atom stereocenters. The Morgan fingerprint density at radius 3 is 1.35 bits per heavy atom. The van der Waals surface area contributed by atoms with Crippen LogP contribution >= 0.6 is 0 Å². The summed E-state index contributed by atoms with van der Waals surface area (Å²) in [4.78, 5) is 82.5. The van der Waals surface area contributed by atoms with Crippen molar-refractivity contribution in [3.63, 3.8) is 0 Å². The second-order valence-electron chi connectivity index (χ2n) is 15.4. The van der Waals surface area contributed by atoms with Crippen LogP contribution in [0.4, 0.5) is 18.4 Å². The Morgan fingerprint density at radius 1 is 0.556 bits per heavy atom. The molecule has 6 heterocycles. The highest BCUT2D eigenvalue weighted by Gasteiger charge is 2.52. The third kappa shape index (κ3) is 7.34. The minimum Gasteiger partial charge on any atom is -0.619 e. The molecule has 2 aromatic heterocycles. The van der Waals surface area contributed by atoms with Crippen molar-refractivity contribution in [1.82, 2.24) is 36.1 Å². The van der Waals surface area contributed by atoms with E-state index < -0.39 is 52.5 Å². The number of rotatable bonds is 8. The van der Waals surface area contributed by atoms with Crippen LogP contribution in [0.5, 0.6) is 0 Å². The van der Waals surface area contributed by atoms with Crippen LogP contribution in [0, 0.1) is 16.8 Å². The lowest BCUT2D eigenvalue weighted by Gasteiger charge is -2.31. The van der Waals surface area contributed by atoms with E-state index in [9.17, 15) is 42.8 Å². The number of halogens is 2. The Balaban J connectivity index is 0.000000160. The van der Waals surface area contributed by atoms with Crippen LogP contribution in [0.25, 0.3) is 22.3 Å². The molecule has 15 nitrogen and oxygen atoms in total. The molecule has 6 aromatic rings. The smallest absolute Gasteiger partial charge is 0.322 e. The molecule has 63 heavy (non-hydrogen) atoms. The minimum atomic E-state index is -1.49. The largest absolute Gasteiger partial charge is 0.619 e. The number of benzene rings is 4. The first-order valence-corrected chi connectivity index (χ1v) is 19.6. The van der Waals surface area contributed by atoms with Gasteiger partial charge < -0.3 is 25.6 Å². The summed E-state index contributed by atoms with van der Waals surface area (Å²) in [5.41, 5.74) is 3.48. The fourth-order valence-corrected chi connectivity index (χ4v) is 8.33. The SMILES string of the molecule is O=C1NC(=O)[C@](CN2Cc3ccc(F)cc3C2=O)(c2ccc(-c3cc[n+]([O-])cc3)cc2)N1.O=C1NC(=O)[C@](CN2Cc3ccc(F)cc3C2=O)(c2ccc(-c3ccncc3)cc2)N1. The number of hydrogen-bond donors (Lipinski definition) is 4. The van der Waals surface area contributed by atoms with Gasteiger partial charge in [0.1, 0.15) is 11.6 Å². The van der Waals surface area contributed by atoms with Crippen LogP contribution in [0.2, 0.25) is 0 Å². The van der Waals surface area contributed by atoms with E-state index in [4.69, 9.17) is 0 Å². The first-order chi connectivity index (χ1) is 30.3. The molecule has 4 aromatic carbocycles. The molecule has 4 aliphatic heterocycles. The Bertz CT molecular complexity index is 2860. The number of amides is 8. The normalized spacial score (nSPS) is 19.8. The number of hydrogen-bond acceptors (Lipinski definition) is 8. The van der Waals surface area contributed by atoms with Crippen molar-refractivity contribution in [3.05, 3.63) is 184 Å². The van der Waals surface area contributed by atoms with Crippen molar-refractivity contribution >= 4 is 35.7 Å². The van der Waals surface area contributed by atoms with Gasteiger partial charge in [0.15, 0.2) is 23.5 Å². The number of nitrogens with one attached hydrogen (secondary N) is 4. The molecule has 2 atom stereocenters. The van der Waals surface area contributed by atoms with E-state index in [1.54, 1.807) is 73.1 Å². The van der Waals surface area contributed by atoms with E-state index in [1.807, 2.05) is 24.3 Å². The Kier molecular flexibility index (Phi) is 9.93. The summed E-state index contributed by atoms with van der Waals surface area (Å²) in [6.45, 7) is 0.250. The lowest BCUT2D eigenvalue weighted by molar-refractivity contribution is -0.605. The van der Waals surface area contributed by atoms with Gasteiger partial charge in [-0.15, -0.1) is 0 Å². The van der Waals surface area contributed by atoms with Gasteiger partial charge in [0.2, 0.25) is 0 Å². The number of carbonyl (C=O) groups excluding carboxylic acids is 6. The Morgan fingerprint density at radius 2 is 0.952 bits per heavy atom. The van der Waals surface area contributed by atoms with Gasteiger partial charge >= 0.3 is 12.1 Å². The van der Waals surface area contributed by atoms with Crippen molar-refractivity contribution in [3.8, 4) is 22.3 Å². The summed E-state index contributed by atoms with van der Waals surface area (Å²) < 4.78 is 27.9. The van der Waals surface area contributed by atoms with Crippen molar-refractivity contribution < 1.29 is 42.3 Å². The van der Waals surface area contributed by atoms with E-state index in [0.29, 0.717) is 27.0 Å². The van der Waals surface area contributed by atoms with E-state index >= 15 is 0 Å². The average Bonchev–Trinajstić information content (AvgIpc) is 3.96. The Labute approximate surface area is 356 Å². The van der Waals surface area contributed by atoms with E-state index in [2.05, 4.69) is 26.3 Å². The van der Waals surface area contributed by atoms with E-state index in [0.717, 1.165) is 22.3 Å². The van der Waals surface area contributed by atoms with E-state index in [1.165, 1.54) is 46.5 Å². The second-order valence-corrected chi connectivity index (χ2v) is 15.4. The number of fused-ring (bicyclic) bond motifs is 2. The molecule has 10 rings (SSSR count). The monoisotopic (exact) mass is 848 g/mol. The predicted octanol–water partition coefficient (Wildman–Crippen LogP) is 4.40. The molecular formula is C46H34F2N8O7. The molecule has 0 radical (unpaired) electrons. The fraction of sp³-hybridized carbons (Fsp3) is 0.130. The van der Waals surface area contributed by atoms with Gasteiger partial charge in [0, 0.05) is 48.7 Å². The first kappa shape index (κ1) is 40.1. The van der Waals surface area contributed by atoms with Gasteiger partial charge in [-0.1, -0.05) is 60.7 Å². The maximum atomic E-state index is 13.6. The van der Waals surface area contributed by atoms with Gasteiger partial charge in [0.25, 0.3) is 23.6 Å². The number of aromatic nitrogens is 2. The summed E-state index contributed by atoms with van der Waals surface area (Å²) in [6, 6.07) is 28.0. The molecule has 4 aliphatic rings. The molecule has 0 aliphatic carbocycles. The maximum Gasteiger partial charge on any atom is 0.322 e. The molecule has 8 amide bonds. The average molecular weight is 849 g/mol. The quantitative estimate of drug-likeness (QED) is 0.0983. The zero-order valence-corrected chi connectivity index (χ0v) is 32.9. The highest BCUT2D eigenvalue weighted by molar-refractivity contribution is 6.09. The summed E-state index contributed by atoms with van der Waals surface area (Å²) in [5.74, 6) is -2.90. The highest BCUT2D eigenvalue weighted by Crippen LogP contribution is 2.34. The van der Waals surface area contributed by atoms with Crippen molar-refractivity contribution in [2.45, 2.75) is 24.2 Å². The van der Waals surface area contributed by atoms with Gasteiger partial charge in [0.05, 0.1) is 13.1 Å². The molecule has 2 fully saturated rings. The number of urea groups is 2. The molecule has 314 valence electrons. The molecular weight excluding hydrogens is 815 g/mol. The van der Waals surface area contributed by atoms with Crippen LogP contribution in [0.3, 0.4) is 0 Å². The van der Waals surface area contributed by atoms with Crippen molar-refractivity contribution in [1.29, 1.82) is 0 Å². The van der Waals surface area contributed by atoms with Crippen LogP contribution in [-0.2, 0) is 33.8 Å². The van der Waals surface area contributed by atoms with Gasteiger partial charge in [-0.05, 0) is 80.9 Å². The summed E-state index contributed by atoms with van der Waals surface area (Å²) in [7, 11) is 0. The number of nitrogens with zero attached hydrogens (tertiary/aromatic N) is 4. The third-order valence-electron chi connectivity index (χ3n) is 11.5. The lowest BCUT2D eigenvalue weighted by Crippen LogP contribution is -2.52. The van der Waals surface area contributed by atoms with Crippen LogP contribution in [0.1, 0.15) is 43.0 Å². The number of pyridine rings is 2. The summed E-state index contributed by atoms with van der Waals surface area (Å²) in [6.07, 6.45) is 6.15. The summed E-state index contributed by atoms with van der Waals surface area (Å²) >= 11 is 0. The topological polar surface area (TPSA) is 197 Å². The van der Waals surface area contributed by atoms with Crippen molar-refractivity contribution in [2.75, 3.05) is 13.1 Å². The Hall–Kier alpha value is -8.34. The number of carbonyl (C=O) groups is 6. The molecule has 0 saturated carbocycles. The van der Waals surface area contributed by atoms with Crippen LogP contribution in [-0.4, -0.2) is 63.6 Å². The van der Waals surface area contributed by atoms with Gasteiger partial charge in [-0.3, -0.25) is 34.8 Å².